The lowest BCUT2D eigenvalue weighted by Gasteiger charge is -2.03. The van der Waals surface area contributed by atoms with Crippen molar-refractivity contribution in [3.63, 3.8) is 0 Å². The average molecular weight is 263 g/mol. The van der Waals surface area contributed by atoms with Crippen LogP contribution >= 0.6 is 11.3 Å². The highest BCUT2D eigenvalue weighted by Gasteiger charge is 2.06. The van der Waals surface area contributed by atoms with Crippen LogP contribution in [0.2, 0.25) is 0 Å². The van der Waals surface area contributed by atoms with Crippen molar-refractivity contribution in [2.75, 3.05) is 6.61 Å². The standard InChI is InChI=1S/C12H13N3O2S/c1-3-7-15-10-6-5-9(17-4-2)8-11(10)18-12(15)13-14-16/h3,5-6,8H,1,4,7H2,2H3/b13-12-. The molecule has 0 atom stereocenters. The first kappa shape index (κ1) is 12.5. The van der Waals surface area contributed by atoms with Crippen molar-refractivity contribution in [2.45, 2.75) is 13.5 Å². The number of benzene rings is 1. The van der Waals surface area contributed by atoms with Gasteiger partial charge in [-0.25, -0.2) is 0 Å². The van der Waals surface area contributed by atoms with E-state index in [-0.39, 0.29) is 0 Å². The molecule has 0 bridgehead atoms. The molecule has 6 heteroatoms. The number of hydrogen-bond acceptors (Lipinski definition) is 4. The van der Waals surface area contributed by atoms with Crippen LogP contribution < -0.4 is 9.54 Å². The summed E-state index contributed by atoms with van der Waals surface area (Å²) in [5.41, 5.74) is 0.991. The zero-order chi connectivity index (χ0) is 13.0. The highest BCUT2D eigenvalue weighted by Crippen LogP contribution is 2.23. The van der Waals surface area contributed by atoms with Gasteiger partial charge >= 0.3 is 0 Å². The maximum absolute atomic E-state index is 10.3. The molecule has 0 aliphatic heterocycles. The van der Waals surface area contributed by atoms with Crippen LogP contribution in [0.4, 0.5) is 0 Å². The summed E-state index contributed by atoms with van der Waals surface area (Å²) in [6.07, 6.45) is 1.76. The van der Waals surface area contributed by atoms with E-state index in [9.17, 15) is 4.91 Å². The van der Waals surface area contributed by atoms with Crippen molar-refractivity contribution in [2.24, 2.45) is 10.4 Å². The van der Waals surface area contributed by atoms with Gasteiger partial charge in [0.25, 0.3) is 0 Å². The number of ether oxygens (including phenoxy) is 1. The minimum atomic E-state index is 0.563. The Morgan fingerprint density at radius 1 is 1.56 bits per heavy atom. The molecule has 0 aliphatic rings. The van der Waals surface area contributed by atoms with E-state index >= 15 is 0 Å². The van der Waals surface area contributed by atoms with E-state index in [1.807, 2.05) is 29.7 Å². The monoisotopic (exact) mass is 263 g/mol. The quantitative estimate of drug-likeness (QED) is 0.473. The largest absolute Gasteiger partial charge is 0.494 e. The predicted octanol–water partition coefficient (Wildman–Crippen LogP) is 2.87. The summed E-state index contributed by atoms with van der Waals surface area (Å²) < 4.78 is 8.34. The van der Waals surface area contributed by atoms with Crippen LogP contribution in [0.25, 0.3) is 10.2 Å². The molecule has 0 radical (unpaired) electrons. The molecule has 5 nitrogen and oxygen atoms in total. The van der Waals surface area contributed by atoms with Gasteiger partial charge in [0.05, 0.1) is 22.1 Å². The van der Waals surface area contributed by atoms with Crippen LogP contribution in [0, 0.1) is 4.91 Å². The average Bonchev–Trinajstić information content (AvgIpc) is 2.68. The third-order valence-electron chi connectivity index (χ3n) is 2.40. The van der Waals surface area contributed by atoms with Gasteiger partial charge in [-0.15, -0.1) is 11.5 Å². The molecular formula is C12H13N3O2S. The van der Waals surface area contributed by atoms with Gasteiger partial charge in [-0.2, -0.15) is 0 Å². The fourth-order valence-electron chi connectivity index (χ4n) is 1.73. The molecule has 0 amide bonds. The lowest BCUT2D eigenvalue weighted by Crippen LogP contribution is -2.12. The topological polar surface area (TPSA) is 56.0 Å². The van der Waals surface area contributed by atoms with Gasteiger partial charge in [-0.3, -0.25) is 0 Å². The Hall–Kier alpha value is -1.95. The molecule has 0 N–H and O–H groups in total. The highest BCUT2D eigenvalue weighted by atomic mass is 32.1. The number of nitroso groups, excluding NO2 is 1. The Morgan fingerprint density at radius 3 is 3.06 bits per heavy atom. The summed E-state index contributed by atoms with van der Waals surface area (Å²) >= 11 is 1.40. The Labute approximate surface area is 108 Å². The third kappa shape index (κ3) is 2.33. The number of thiazole rings is 1. The molecule has 1 heterocycles. The van der Waals surface area contributed by atoms with E-state index in [0.29, 0.717) is 18.0 Å². The van der Waals surface area contributed by atoms with Crippen molar-refractivity contribution in [1.29, 1.82) is 0 Å². The zero-order valence-corrected chi connectivity index (χ0v) is 10.8. The second-order valence-corrected chi connectivity index (χ2v) is 4.54. The van der Waals surface area contributed by atoms with Crippen LogP contribution in [0.1, 0.15) is 6.92 Å². The van der Waals surface area contributed by atoms with Crippen LogP contribution in [0.3, 0.4) is 0 Å². The predicted molar refractivity (Wildman–Crippen MR) is 72.5 cm³/mol. The zero-order valence-electron chi connectivity index (χ0n) is 10.00. The molecule has 0 saturated carbocycles. The molecule has 0 unspecified atom stereocenters. The molecule has 0 saturated heterocycles. The fourth-order valence-corrected chi connectivity index (χ4v) is 2.74. The fraction of sp³-hybridized carbons (Fsp3) is 0.250. The van der Waals surface area contributed by atoms with Gasteiger partial charge in [0, 0.05) is 6.54 Å². The summed E-state index contributed by atoms with van der Waals surface area (Å²) in [6.45, 7) is 6.84. The van der Waals surface area contributed by atoms with E-state index in [1.54, 1.807) is 6.08 Å². The van der Waals surface area contributed by atoms with Crippen molar-refractivity contribution in [3.8, 4) is 5.75 Å². The Morgan fingerprint density at radius 2 is 2.39 bits per heavy atom. The van der Waals surface area contributed by atoms with Crippen molar-refractivity contribution >= 4 is 21.6 Å². The molecular weight excluding hydrogens is 250 g/mol. The van der Waals surface area contributed by atoms with Gasteiger partial charge in [-0.1, -0.05) is 22.5 Å². The molecule has 0 fully saturated rings. The van der Waals surface area contributed by atoms with Crippen molar-refractivity contribution in [1.82, 2.24) is 4.57 Å². The maximum Gasteiger partial charge on any atom is 0.215 e. The summed E-state index contributed by atoms with van der Waals surface area (Å²) in [6, 6.07) is 5.79. The van der Waals surface area contributed by atoms with E-state index in [2.05, 4.69) is 17.0 Å². The first-order valence-corrected chi connectivity index (χ1v) is 6.35. The van der Waals surface area contributed by atoms with Crippen molar-refractivity contribution < 1.29 is 4.74 Å². The summed E-state index contributed by atoms with van der Waals surface area (Å²) in [4.78, 5) is 10.9. The van der Waals surface area contributed by atoms with Gasteiger partial charge < -0.3 is 9.30 Å². The molecule has 1 aromatic carbocycles. The smallest absolute Gasteiger partial charge is 0.215 e. The highest BCUT2D eigenvalue weighted by molar-refractivity contribution is 7.16. The van der Waals surface area contributed by atoms with Gasteiger partial charge in [0.15, 0.2) is 0 Å². The molecule has 0 spiro atoms. The Balaban J connectivity index is 2.64. The molecule has 0 aliphatic carbocycles. The second kappa shape index (κ2) is 5.59. The number of allylic oxidation sites excluding steroid dienone is 1. The van der Waals surface area contributed by atoms with Gasteiger partial charge in [0.2, 0.25) is 4.80 Å². The van der Waals surface area contributed by atoms with E-state index in [0.717, 1.165) is 16.0 Å². The van der Waals surface area contributed by atoms with Gasteiger partial charge in [0.1, 0.15) is 5.75 Å². The van der Waals surface area contributed by atoms with Crippen LogP contribution in [-0.4, -0.2) is 11.2 Å². The Bertz CT molecular complexity index is 642. The van der Waals surface area contributed by atoms with E-state index in [1.165, 1.54) is 11.3 Å². The van der Waals surface area contributed by atoms with Crippen LogP contribution in [0.5, 0.6) is 5.75 Å². The van der Waals surface area contributed by atoms with Crippen LogP contribution in [-0.2, 0) is 6.54 Å². The number of nitrogens with zero attached hydrogens (tertiary/aromatic N) is 3. The first-order chi connectivity index (χ1) is 8.80. The second-order valence-electron chi connectivity index (χ2n) is 3.53. The lowest BCUT2D eigenvalue weighted by molar-refractivity contribution is 0.341. The molecule has 18 heavy (non-hydrogen) atoms. The first-order valence-electron chi connectivity index (χ1n) is 5.53. The number of rotatable bonds is 5. The summed E-state index contributed by atoms with van der Waals surface area (Å²) in [5.74, 6) is 0.808. The number of fused-ring (bicyclic) bond motifs is 1. The molecule has 2 aromatic rings. The van der Waals surface area contributed by atoms with Crippen molar-refractivity contribution in [3.05, 3.63) is 40.6 Å². The van der Waals surface area contributed by atoms with Crippen LogP contribution in [0.15, 0.2) is 41.2 Å². The third-order valence-corrected chi connectivity index (χ3v) is 3.43. The minimum Gasteiger partial charge on any atom is -0.494 e. The van der Waals surface area contributed by atoms with E-state index in [4.69, 9.17) is 4.74 Å². The minimum absolute atomic E-state index is 0.563. The Kier molecular flexibility index (Phi) is 3.88. The molecule has 94 valence electrons. The van der Waals surface area contributed by atoms with E-state index < -0.39 is 0 Å². The summed E-state index contributed by atoms with van der Waals surface area (Å²) in [7, 11) is 0. The normalized spacial score (nSPS) is 11.7. The number of hydrogen-bond donors (Lipinski definition) is 0. The van der Waals surface area contributed by atoms with Gasteiger partial charge in [-0.05, 0) is 25.1 Å². The lowest BCUT2D eigenvalue weighted by atomic mass is 10.3. The SMILES string of the molecule is C=CCn1/c(=N/N=O)sc2cc(OCC)ccc21. The summed E-state index contributed by atoms with van der Waals surface area (Å²) in [5, 5.41) is 6.20. The maximum atomic E-state index is 10.3. The number of aromatic nitrogens is 1. The molecule has 1 aromatic heterocycles. The molecule has 2 rings (SSSR count).